The lowest BCUT2D eigenvalue weighted by atomic mass is 10.2. The molecule has 0 atom stereocenters. The molecule has 1 aromatic heterocycles. The Bertz CT molecular complexity index is 248. The fraction of sp³-hybridized carbons (Fsp3) is 0.556. The van der Waals surface area contributed by atoms with Gasteiger partial charge in [-0.25, -0.2) is 0 Å². The third-order valence-electron chi connectivity index (χ3n) is 1.39. The Balaban J connectivity index is 2.13. The normalized spacial score (nSPS) is 11.1. The summed E-state index contributed by atoms with van der Waals surface area (Å²) >= 11 is 5.59. The summed E-state index contributed by atoms with van der Waals surface area (Å²) < 4.78 is 5.11. The Morgan fingerprint density at radius 3 is 2.85 bits per heavy atom. The summed E-state index contributed by atoms with van der Waals surface area (Å²) in [5.74, 6) is 1.29. The second-order valence-electron chi connectivity index (χ2n) is 3.23. The Labute approximate surface area is 83.0 Å². The molecule has 0 unspecified atom stereocenters. The zero-order valence-corrected chi connectivity index (χ0v) is 8.60. The van der Waals surface area contributed by atoms with Crippen molar-refractivity contribution in [2.24, 2.45) is 5.92 Å². The van der Waals surface area contributed by atoms with Crippen LogP contribution >= 0.6 is 11.6 Å². The molecule has 0 aliphatic rings. The molecule has 0 aliphatic heterocycles. The highest BCUT2D eigenvalue weighted by Gasteiger charge is 1.99. The number of hydrogen-bond donors (Lipinski definition) is 1. The zero-order valence-electron chi connectivity index (χ0n) is 7.84. The van der Waals surface area contributed by atoms with E-state index < -0.39 is 0 Å². The van der Waals surface area contributed by atoms with Crippen molar-refractivity contribution in [2.75, 3.05) is 6.61 Å². The van der Waals surface area contributed by atoms with Crippen LogP contribution in [0.5, 0.6) is 0 Å². The van der Waals surface area contributed by atoms with E-state index in [0.717, 1.165) is 5.76 Å². The van der Waals surface area contributed by atoms with Crippen molar-refractivity contribution in [1.29, 1.82) is 0 Å². The molecule has 1 N–H and O–H groups in total. The van der Waals surface area contributed by atoms with Crippen LogP contribution in [0.3, 0.4) is 0 Å². The molecule has 0 saturated carbocycles. The van der Waals surface area contributed by atoms with Gasteiger partial charge in [0.25, 0.3) is 0 Å². The Hall–Kier alpha value is -0.510. The Morgan fingerprint density at radius 2 is 2.31 bits per heavy atom. The maximum atomic E-state index is 5.59. The molecule has 74 valence electrons. The van der Waals surface area contributed by atoms with E-state index in [2.05, 4.69) is 19.3 Å². The molecule has 0 aliphatic carbocycles. The lowest BCUT2D eigenvalue weighted by Crippen LogP contribution is -2.16. The fourth-order valence-corrected chi connectivity index (χ4v) is 0.957. The lowest BCUT2D eigenvalue weighted by molar-refractivity contribution is 0.0165. The highest BCUT2D eigenvalue weighted by atomic mass is 35.5. The standard InChI is InChI=1S/C9H14ClNO2/c1-7(2)6-12-11-5-8-3-4-9(10)13-8/h3-4,7,11H,5-6H2,1-2H3. The number of furan rings is 1. The topological polar surface area (TPSA) is 34.4 Å². The van der Waals surface area contributed by atoms with Gasteiger partial charge < -0.3 is 9.25 Å². The monoisotopic (exact) mass is 203 g/mol. The molecule has 1 heterocycles. The predicted molar refractivity (Wildman–Crippen MR) is 51.3 cm³/mol. The van der Waals surface area contributed by atoms with Crippen molar-refractivity contribution in [3.63, 3.8) is 0 Å². The average molecular weight is 204 g/mol. The van der Waals surface area contributed by atoms with Crippen LogP contribution in [0, 0.1) is 5.92 Å². The quantitative estimate of drug-likeness (QED) is 0.590. The average Bonchev–Trinajstić information content (AvgIpc) is 2.45. The first-order valence-corrected chi connectivity index (χ1v) is 4.65. The number of rotatable bonds is 5. The number of halogens is 1. The molecule has 13 heavy (non-hydrogen) atoms. The third-order valence-corrected chi connectivity index (χ3v) is 1.60. The van der Waals surface area contributed by atoms with Gasteiger partial charge in [-0.15, -0.1) is 0 Å². The van der Waals surface area contributed by atoms with Crippen LogP contribution in [-0.4, -0.2) is 6.61 Å². The molecule has 0 spiro atoms. The molecule has 3 nitrogen and oxygen atoms in total. The van der Waals surface area contributed by atoms with Gasteiger partial charge in [-0.3, -0.25) is 0 Å². The van der Waals surface area contributed by atoms with Gasteiger partial charge in [0.05, 0.1) is 13.2 Å². The fourth-order valence-electron chi connectivity index (χ4n) is 0.795. The first-order valence-electron chi connectivity index (χ1n) is 4.27. The minimum atomic E-state index is 0.403. The van der Waals surface area contributed by atoms with Crippen molar-refractivity contribution in [3.05, 3.63) is 23.1 Å². The number of hydroxylamine groups is 1. The summed E-state index contributed by atoms with van der Waals surface area (Å²) in [6, 6.07) is 3.52. The first-order chi connectivity index (χ1) is 6.18. The van der Waals surface area contributed by atoms with Crippen molar-refractivity contribution in [1.82, 2.24) is 5.48 Å². The predicted octanol–water partition coefficient (Wildman–Crippen LogP) is 2.61. The number of nitrogens with one attached hydrogen (secondary N) is 1. The molecule has 0 radical (unpaired) electrons. The van der Waals surface area contributed by atoms with Crippen LogP contribution in [0.2, 0.25) is 5.22 Å². The minimum absolute atomic E-state index is 0.403. The van der Waals surface area contributed by atoms with E-state index in [9.17, 15) is 0 Å². The molecule has 1 rings (SSSR count). The molecule has 1 aromatic rings. The molecule has 0 fully saturated rings. The maximum Gasteiger partial charge on any atom is 0.193 e. The Kier molecular flexibility index (Phi) is 4.28. The van der Waals surface area contributed by atoms with Crippen LogP contribution < -0.4 is 5.48 Å². The van der Waals surface area contributed by atoms with Crippen LogP contribution in [0.4, 0.5) is 0 Å². The summed E-state index contributed by atoms with van der Waals surface area (Å²) in [6.45, 7) is 5.41. The SMILES string of the molecule is CC(C)CONCc1ccc(Cl)o1. The summed E-state index contributed by atoms with van der Waals surface area (Å²) in [4.78, 5) is 5.16. The van der Waals surface area contributed by atoms with Crippen LogP contribution in [0.1, 0.15) is 19.6 Å². The van der Waals surface area contributed by atoms with Gasteiger partial charge in [-0.2, -0.15) is 5.48 Å². The summed E-state index contributed by atoms with van der Waals surface area (Å²) in [5, 5.41) is 0.403. The van der Waals surface area contributed by atoms with Gasteiger partial charge >= 0.3 is 0 Å². The number of hydrogen-bond acceptors (Lipinski definition) is 3. The van der Waals surface area contributed by atoms with Gasteiger partial charge in [0.15, 0.2) is 5.22 Å². The second kappa shape index (κ2) is 5.27. The van der Waals surface area contributed by atoms with E-state index in [1.54, 1.807) is 6.07 Å². The van der Waals surface area contributed by atoms with Crippen LogP contribution in [-0.2, 0) is 11.4 Å². The summed E-state index contributed by atoms with van der Waals surface area (Å²) in [6.07, 6.45) is 0. The van der Waals surface area contributed by atoms with E-state index in [1.807, 2.05) is 6.07 Å². The molecular weight excluding hydrogens is 190 g/mol. The van der Waals surface area contributed by atoms with Gasteiger partial charge in [0, 0.05) is 0 Å². The molecule has 0 bridgehead atoms. The molecule has 4 heteroatoms. The van der Waals surface area contributed by atoms with Gasteiger partial charge in [-0.1, -0.05) is 13.8 Å². The van der Waals surface area contributed by atoms with Crippen LogP contribution in [0.25, 0.3) is 0 Å². The lowest BCUT2D eigenvalue weighted by Gasteiger charge is -2.05. The van der Waals surface area contributed by atoms with Crippen molar-refractivity contribution < 1.29 is 9.25 Å². The molecule has 0 aromatic carbocycles. The second-order valence-corrected chi connectivity index (χ2v) is 3.60. The minimum Gasteiger partial charge on any atom is -0.448 e. The van der Waals surface area contributed by atoms with E-state index in [1.165, 1.54) is 0 Å². The van der Waals surface area contributed by atoms with Crippen LogP contribution in [0.15, 0.2) is 16.5 Å². The zero-order chi connectivity index (χ0) is 9.68. The maximum absolute atomic E-state index is 5.59. The molecule has 0 saturated heterocycles. The van der Waals surface area contributed by atoms with Gasteiger partial charge in [0.1, 0.15) is 5.76 Å². The van der Waals surface area contributed by atoms with Crippen molar-refractivity contribution in [2.45, 2.75) is 20.4 Å². The summed E-state index contributed by atoms with van der Waals surface area (Å²) in [7, 11) is 0. The highest BCUT2D eigenvalue weighted by Crippen LogP contribution is 2.12. The largest absolute Gasteiger partial charge is 0.448 e. The molecular formula is C9H14ClNO2. The molecule has 0 amide bonds. The van der Waals surface area contributed by atoms with E-state index in [-0.39, 0.29) is 0 Å². The highest BCUT2D eigenvalue weighted by molar-refractivity contribution is 6.28. The van der Waals surface area contributed by atoms with E-state index in [0.29, 0.717) is 24.3 Å². The van der Waals surface area contributed by atoms with Gasteiger partial charge in [-0.05, 0) is 29.7 Å². The van der Waals surface area contributed by atoms with Gasteiger partial charge in [0.2, 0.25) is 0 Å². The van der Waals surface area contributed by atoms with Crippen molar-refractivity contribution >= 4 is 11.6 Å². The van der Waals surface area contributed by atoms with E-state index in [4.69, 9.17) is 20.9 Å². The summed E-state index contributed by atoms with van der Waals surface area (Å²) in [5.41, 5.74) is 2.79. The smallest absolute Gasteiger partial charge is 0.193 e. The first kappa shape index (κ1) is 10.6. The van der Waals surface area contributed by atoms with Crippen molar-refractivity contribution in [3.8, 4) is 0 Å². The Morgan fingerprint density at radius 1 is 1.54 bits per heavy atom. The third kappa shape index (κ3) is 4.31. The van der Waals surface area contributed by atoms with E-state index >= 15 is 0 Å².